The minimum Gasteiger partial charge on any atom is -0.503 e. The van der Waals surface area contributed by atoms with E-state index in [4.69, 9.17) is 16.3 Å². The highest BCUT2D eigenvalue weighted by Crippen LogP contribution is 2.44. The van der Waals surface area contributed by atoms with Crippen LogP contribution in [0.3, 0.4) is 0 Å². The Morgan fingerprint density at radius 1 is 1.12 bits per heavy atom. The summed E-state index contributed by atoms with van der Waals surface area (Å²) in [5.41, 5.74) is 1.72. The van der Waals surface area contributed by atoms with E-state index in [9.17, 15) is 14.7 Å². The van der Waals surface area contributed by atoms with Gasteiger partial charge in [0.05, 0.1) is 23.1 Å². The molecule has 0 bridgehead atoms. The molecule has 1 N–H and O–H groups in total. The van der Waals surface area contributed by atoms with Crippen molar-refractivity contribution in [3.05, 3.63) is 98.4 Å². The smallest absolute Gasteiger partial charge is 0.296 e. The maximum Gasteiger partial charge on any atom is 0.296 e. The van der Waals surface area contributed by atoms with Gasteiger partial charge in [-0.3, -0.25) is 14.5 Å². The molecule has 0 saturated heterocycles. The van der Waals surface area contributed by atoms with Crippen LogP contribution < -0.4 is 9.64 Å². The molecule has 3 heterocycles. The molecular weight excluding hydrogens is 586 g/mol. The zero-order chi connectivity index (χ0) is 28.1. The lowest BCUT2D eigenvalue weighted by Crippen LogP contribution is -2.31. The molecule has 2 aromatic heterocycles. The van der Waals surface area contributed by atoms with Gasteiger partial charge in [0.25, 0.3) is 5.91 Å². The quantitative estimate of drug-likeness (QED) is 0.0753. The van der Waals surface area contributed by atoms with Gasteiger partial charge in [-0.15, -0.1) is 21.5 Å². The molecular formula is C29H26ClN3O4S3. The first kappa shape index (κ1) is 28.4. The molecule has 206 valence electrons. The van der Waals surface area contributed by atoms with Gasteiger partial charge in [-0.2, -0.15) is 0 Å². The number of halogens is 1. The van der Waals surface area contributed by atoms with Gasteiger partial charge in [0.2, 0.25) is 10.9 Å². The van der Waals surface area contributed by atoms with E-state index in [2.05, 4.69) is 17.1 Å². The Hall–Kier alpha value is -3.18. The first-order chi connectivity index (χ1) is 19.5. The number of thioether (sulfide) groups is 1. The molecule has 1 aliphatic heterocycles. The number of ketones is 1. The third-order valence-corrected chi connectivity index (χ3v) is 9.51. The second-order valence-corrected chi connectivity index (χ2v) is 12.6. The Labute approximate surface area is 249 Å². The lowest BCUT2D eigenvalue weighted by molar-refractivity contribution is -0.117. The molecule has 1 aliphatic rings. The van der Waals surface area contributed by atoms with Crippen LogP contribution in [0.1, 0.15) is 53.0 Å². The van der Waals surface area contributed by atoms with Crippen molar-refractivity contribution in [3.63, 3.8) is 0 Å². The van der Waals surface area contributed by atoms with Gasteiger partial charge in [-0.25, -0.2) is 0 Å². The van der Waals surface area contributed by atoms with E-state index >= 15 is 0 Å². The molecule has 5 rings (SSSR count). The van der Waals surface area contributed by atoms with E-state index in [0.29, 0.717) is 43.0 Å². The number of thiophene rings is 1. The van der Waals surface area contributed by atoms with Crippen LogP contribution in [0.5, 0.6) is 5.75 Å². The largest absolute Gasteiger partial charge is 0.503 e. The summed E-state index contributed by atoms with van der Waals surface area (Å²) in [6, 6.07) is 17.4. The fraction of sp³-hybridized carbons (Fsp3) is 0.241. The normalized spacial score (nSPS) is 15.2. The highest BCUT2D eigenvalue weighted by molar-refractivity contribution is 8.00. The molecule has 0 fully saturated rings. The van der Waals surface area contributed by atoms with Gasteiger partial charge >= 0.3 is 0 Å². The number of amides is 1. The van der Waals surface area contributed by atoms with E-state index < -0.39 is 23.5 Å². The van der Waals surface area contributed by atoms with Crippen molar-refractivity contribution in [2.75, 3.05) is 11.5 Å². The number of ether oxygens (including phenoxy) is 1. The van der Waals surface area contributed by atoms with Crippen LogP contribution in [0.25, 0.3) is 0 Å². The Bertz CT molecular complexity index is 1520. The molecule has 0 saturated carbocycles. The van der Waals surface area contributed by atoms with Gasteiger partial charge < -0.3 is 9.84 Å². The zero-order valence-electron chi connectivity index (χ0n) is 21.6. The summed E-state index contributed by atoms with van der Waals surface area (Å²) in [7, 11) is 0. The number of rotatable bonds is 12. The van der Waals surface area contributed by atoms with Gasteiger partial charge in [0, 0.05) is 10.8 Å². The number of benzene rings is 2. The van der Waals surface area contributed by atoms with Crippen molar-refractivity contribution in [3.8, 4) is 5.75 Å². The van der Waals surface area contributed by atoms with Crippen molar-refractivity contribution in [1.82, 2.24) is 10.2 Å². The lowest BCUT2D eigenvalue weighted by Gasteiger charge is -2.24. The van der Waals surface area contributed by atoms with Crippen molar-refractivity contribution in [1.29, 1.82) is 0 Å². The fourth-order valence-corrected chi connectivity index (χ4v) is 6.92. The van der Waals surface area contributed by atoms with E-state index in [-0.39, 0.29) is 5.57 Å². The molecule has 0 radical (unpaired) electrons. The molecule has 0 aliphatic carbocycles. The predicted molar refractivity (Wildman–Crippen MR) is 161 cm³/mol. The second kappa shape index (κ2) is 13.0. The summed E-state index contributed by atoms with van der Waals surface area (Å²) in [6.45, 7) is 2.70. The number of carbonyl (C=O) groups excluding carboxylic acids is 2. The van der Waals surface area contributed by atoms with Crippen LogP contribution >= 0.6 is 46.0 Å². The summed E-state index contributed by atoms with van der Waals surface area (Å²) in [6.07, 6.45) is 3.08. The number of Topliss-reactive ketones (excluding diaryl/α,β-unsaturated/α-hetero) is 1. The predicted octanol–water partition coefficient (Wildman–Crippen LogP) is 7.90. The van der Waals surface area contributed by atoms with Crippen molar-refractivity contribution >= 4 is 62.9 Å². The molecule has 1 atom stereocenters. The average Bonchev–Trinajstić information content (AvgIpc) is 3.72. The number of unbranched alkanes of at least 4 members (excludes halogenated alkanes) is 2. The number of nitrogens with zero attached hydrogens (tertiary/aromatic N) is 3. The van der Waals surface area contributed by atoms with Crippen molar-refractivity contribution in [2.45, 2.75) is 42.3 Å². The van der Waals surface area contributed by atoms with Gasteiger partial charge in [-0.05, 0) is 53.3 Å². The van der Waals surface area contributed by atoms with Crippen molar-refractivity contribution < 1.29 is 19.4 Å². The summed E-state index contributed by atoms with van der Waals surface area (Å²) >= 11 is 9.96. The van der Waals surface area contributed by atoms with Gasteiger partial charge in [0.15, 0.2) is 10.1 Å². The SMILES string of the molecule is CCCCCOc1cccc(C2C(C(=O)c3cccs3)=C(O)C(=O)N2c2nnc(SCc3ccc(Cl)cc3)s2)c1. The number of aromatic nitrogens is 2. The Morgan fingerprint density at radius 2 is 1.95 bits per heavy atom. The van der Waals surface area contributed by atoms with Crippen LogP contribution in [0.4, 0.5) is 5.13 Å². The summed E-state index contributed by atoms with van der Waals surface area (Å²) in [5, 5.41) is 22.3. The molecule has 1 amide bonds. The third kappa shape index (κ3) is 6.25. The molecule has 7 nitrogen and oxygen atoms in total. The third-order valence-electron chi connectivity index (χ3n) is 6.27. The van der Waals surface area contributed by atoms with E-state index in [0.717, 1.165) is 24.8 Å². The highest BCUT2D eigenvalue weighted by atomic mass is 35.5. The van der Waals surface area contributed by atoms with Crippen LogP contribution in [0.2, 0.25) is 5.02 Å². The standard InChI is InChI=1S/C29H26ClN3O4S3/c1-2-3-4-14-37-21-8-5-7-19(16-21)24-23(25(34)22-9-6-15-38-22)26(35)27(36)33(24)28-31-32-29(40-28)39-17-18-10-12-20(30)13-11-18/h5-13,15-16,24,35H,2-4,14,17H2,1H3. The monoisotopic (exact) mass is 611 g/mol. The van der Waals surface area contributed by atoms with Crippen LogP contribution in [-0.4, -0.2) is 33.6 Å². The number of carbonyl (C=O) groups is 2. The maximum atomic E-state index is 13.6. The number of hydrogen-bond donors (Lipinski definition) is 1. The molecule has 1 unspecified atom stereocenters. The maximum absolute atomic E-state index is 13.6. The van der Waals surface area contributed by atoms with E-state index in [1.165, 1.54) is 39.3 Å². The number of aliphatic hydroxyl groups is 1. The Kier molecular flexibility index (Phi) is 9.21. The number of anilines is 1. The van der Waals surface area contributed by atoms with E-state index in [1.54, 1.807) is 17.5 Å². The van der Waals surface area contributed by atoms with Crippen LogP contribution in [0, 0.1) is 0 Å². The molecule has 40 heavy (non-hydrogen) atoms. The fourth-order valence-electron chi connectivity index (χ4n) is 4.29. The minimum atomic E-state index is -0.886. The van der Waals surface area contributed by atoms with Crippen molar-refractivity contribution in [2.24, 2.45) is 0 Å². The molecule has 2 aromatic carbocycles. The zero-order valence-corrected chi connectivity index (χ0v) is 24.8. The highest BCUT2D eigenvalue weighted by Gasteiger charge is 2.46. The second-order valence-electron chi connectivity index (χ2n) is 9.04. The molecule has 4 aromatic rings. The van der Waals surface area contributed by atoms with Gasteiger partial charge in [0.1, 0.15) is 5.75 Å². The lowest BCUT2D eigenvalue weighted by atomic mass is 9.95. The van der Waals surface area contributed by atoms with Gasteiger partial charge in [-0.1, -0.05) is 84.8 Å². The number of hydrogen-bond acceptors (Lipinski definition) is 9. The first-order valence-electron chi connectivity index (χ1n) is 12.7. The Balaban J connectivity index is 1.46. The van der Waals surface area contributed by atoms with E-state index in [1.807, 2.05) is 48.5 Å². The average molecular weight is 612 g/mol. The summed E-state index contributed by atoms with van der Waals surface area (Å²) < 4.78 is 6.61. The topological polar surface area (TPSA) is 92.6 Å². The van der Waals surface area contributed by atoms with Crippen LogP contribution in [-0.2, 0) is 10.5 Å². The summed E-state index contributed by atoms with van der Waals surface area (Å²) in [4.78, 5) is 28.9. The molecule has 11 heteroatoms. The summed E-state index contributed by atoms with van der Waals surface area (Å²) in [5.74, 6) is -0.393. The van der Waals surface area contributed by atoms with Crippen LogP contribution in [0.15, 0.2) is 81.7 Å². The number of aliphatic hydroxyl groups excluding tert-OH is 1. The first-order valence-corrected chi connectivity index (χ1v) is 15.8. The Morgan fingerprint density at radius 3 is 2.70 bits per heavy atom. The molecule has 0 spiro atoms. The minimum absolute atomic E-state index is 0.0150.